The van der Waals surface area contributed by atoms with Gasteiger partial charge >= 0.3 is 0 Å². The Morgan fingerprint density at radius 3 is 2.23 bits per heavy atom. The molecule has 2 N–H and O–H groups in total. The second-order valence-corrected chi connectivity index (χ2v) is 7.94. The first-order valence-corrected chi connectivity index (χ1v) is 10.3. The summed E-state index contributed by atoms with van der Waals surface area (Å²) in [6.45, 7) is 4.07. The first kappa shape index (κ1) is 23.7. The Bertz CT molecular complexity index is 882. The van der Waals surface area contributed by atoms with Gasteiger partial charge in [-0.15, -0.1) is 0 Å². The molecule has 1 atom stereocenters. The van der Waals surface area contributed by atoms with E-state index in [1.165, 1.54) is 20.3 Å². The van der Waals surface area contributed by atoms with E-state index in [4.69, 9.17) is 9.47 Å². The first-order valence-electron chi connectivity index (χ1n) is 9.50. The zero-order valence-electron chi connectivity index (χ0n) is 17.4. The number of amides is 2. The largest absolute Gasteiger partial charge is 0.497 e. The Balaban J connectivity index is 2.01. The van der Waals surface area contributed by atoms with Crippen molar-refractivity contribution in [2.24, 2.45) is 5.92 Å². The van der Waals surface area contributed by atoms with Crippen molar-refractivity contribution in [2.45, 2.75) is 26.3 Å². The summed E-state index contributed by atoms with van der Waals surface area (Å²) < 4.78 is 24.1. The molecule has 30 heavy (non-hydrogen) atoms. The van der Waals surface area contributed by atoms with Crippen molar-refractivity contribution >= 4 is 27.7 Å². The van der Waals surface area contributed by atoms with Gasteiger partial charge in [-0.25, -0.2) is 4.39 Å². The molecule has 0 bridgehead atoms. The number of hydrogen-bond acceptors (Lipinski definition) is 4. The molecular weight excluding hydrogens is 455 g/mol. The number of benzene rings is 2. The minimum Gasteiger partial charge on any atom is -0.497 e. The van der Waals surface area contributed by atoms with E-state index in [0.29, 0.717) is 34.5 Å². The van der Waals surface area contributed by atoms with E-state index in [1.807, 2.05) is 13.8 Å². The second-order valence-electron chi connectivity index (χ2n) is 7.09. The average Bonchev–Trinajstić information content (AvgIpc) is 2.73. The van der Waals surface area contributed by atoms with Gasteiger partial charge in [0.1, 0.15) is 23.4 Å². The number of ether oxygens (including phenoxy) is 2. The molecule has 0 saturated heterocycles. The van der Waals surface area contributed by atoms with Crippen LogP contribution in [-0.4, -0.2) is 38.6 Å². The lowest BCUT2D eigenvalue weighted by atomic mass is 10.0. The molecule has 2 rings (SSSR count). The standard InChI is InChI=1S/C22H26BrFN2O4/c1-13(2)20(22(28)25-8-7-14-5-6-19(24)18(23)9-14)26-21(27)15-10-16(29-3)12-17(11-15)30-4/h5-6,9-13,20H,7-8H2,1-4H3,(H,25,28)(H,26,27). The van der Waals surface area contributed by atoms with E-state index in [1.54, 1.807) is 30.3 Å². The molecule has 0 aliphatic heterocycles. The van der Waals surface area contributed by atoms with E-state index < -0.39 is 11.9 Å². The molecule has 0 fully saturated rings. The molecule has 0 heterocycles. The third-order valence-electron chi connectivity index (χ3n) is 4.55. The fourth-order valence-electron chi connectivity index (χ4n) is 2.83. The average molecular weight is 481 g/mol. The van der Waals surface area contributed by atoms with Crippen LogP contribution in [0.5, 0.6) is 11.5 Å². The summed E-state index contributed by atoms with van der Waals surface area (Å²) in [5, 5.41) is 5.62. The van der Waals surface area contributed by atoms with Gasteiger partial charge in [0.15, 0.2) is 0 Å². The number of halogens is 2. The molecule has 2 amide bonds. The lowest BCUT2D eigenvalue weighted by Gasteiger charge is -2.22. The molecule has 0 radical (unpaired) electrons. The quantitative estimate of drug-likeness (QED) is 0.573. The number of nitrogens with one attached hydrogen (secondary N) is 2. The van der Waals surface area contributed by atoms with Crippen LogP contribution in [0.25, 0.3) is 0 Å². The molecule has 2 aromatic rings. The number of hydrogen-bond donors (Lipinski definition) is 2. The summed E-state index contributed by atoms with van der Waals surface area (Å²) in [5.41, 5.74) is 1.22. The first-order chi connectivity index (χ1) is 14.2. The Morgan fingerprint density at radius 1 is 1.07 bits per heavy atom. The summed E-state index contributed by atoms with van der Waals surface area (Å²) >= 11 is 3.15. The van der Waals surface area contributed by atoms with Gasteiger partial charge in [0.25, 0.3) is 5.91 Å². The highest BCUT2D eigenvalue weighted by Gasteiger charge is 2.25. The summed E-state index contributed by atoms with van der Waals surface area (Å²) in [5.74, 6) is -0.176. The lowest BCUT2D eigenvalue weighted by molar-refractivity contribution is -0.123. The predicted octanol–water partition coefficient (Wildman–Crippen LogP) is 3.72. The van der Waals surface area contributed by atoms with Gasteiger partial charge in [0.05, 0.1) is 18.7 Å². The third-order valence-corrected chi connectivity index (χ3v) is 5.15. The minimum atomic E-state index is -0.713. The summed E-state index contributed by atoms with van der Waals surface area (Å²) in [4.78, 5) is 25.4. The normalized spacial score (nSPS) is 11.7. The van der Waals surface area contributed by atoms with E-state index in [0.717, 1.165) is 5.56 Å². The molecule has 6 nitrogen and oxygen atoms in total. The summed E-state index contributed by atoms with van der Waals surface area (Å²) in [7, 11) is 3.00. The van der Waals surface area contributed by atoms with E-state index in [9.17, 15) is 14.0 Å². The molecule has 2 aromatic carbocycles. The van der Waals surface area contributed by atoms with Gasteiger partial charge in [0, 0.05) is 18.2 Å². The smallest absolute Gasteiger partial charge is 0.252 e. The van der Waals surface area contributed by atoms with Crippen molar-refractivity contribution in [1.82, 2.24) is 10.6 Å². The fraction of sp³-hybridized carbons (Fsp3) is 0.364. The highest BCUT2D eigenvalue weighted by molar-refractivity contribution is 9.10. The predicted molar refractivity (Wildman–Crippen MR) is 116 cm³/mol. The Hall–Kier alpha value is -2.61. The Morgan fingerprint density at radius 2 is 1.70 bits per heavy atom. The SMILES string of the molecule is COc1cc(OC)cc(C(=O)NC(C(=O)NCCc2ccc(F)c(Br)c2)C(C)C)c1. The Kier molecular flexibility index (Phi) is 8.65. The maximum atomic E-state index is 13.3. The van der Waals surface area contributed by atoms with E-state index in [2.05, 4.69) is 26.6 Å². The highest BCUT2D eigenvalue weighted by atomic mass is 79.9. The molecule has 8 heteroatoms. The zero-order chi connectivity index (χ0) is 22.3. The van der Waals surface area contributed by atoms with Gasteiger partial charge < -0.3 is 20.1 Å². The highest BCUT2D eigenvalue weighted by Crippen LogP contribution is 2.22. The maximum Gasteiger partial charge on any atom is 0.252 e. The topological polar surface area (TPSA) is 76.7 Å². The Labute approximate surface area is 184 Å². The van der Waals surface area contributed by atoms with Crippen molar-refractivity contribution in [3.8, 4) is 11.5 Å². The fourth-order valence-corrected chi connectivity index (χ4v) is 3.26. The van der Waals surface area contributed by atoms with Crippen molar-refractivity contribution in [3.05, 3.63) is 57.8 Å². The molecule has 0 aliphatic carbocycles. The van der Waals surface area contributed by atoms with Crippen LogP contribution in [0.2, 0.25) is 0 Å². The third kappa shape index (κ3) is 6.45. The van der Waals surface area contributed by atoms with Crippen molar-refractivity contribution in [2.75, 3.05) is 20.8 Å². The number of carbonyl (C=O) groups excluding carboxylic acids is 2. The molecule has 0 aliphatic rings. The molecule has 0 aromatic heterocycles. The summed E-state index contributed by atoms with van der Waals surface area (Å²) in [6, 6.07) is 8.84. The van der Waals surface area contributed by atoms with Gasteiger partial charge in [-0.1, -0.05) is 19.9 Å². The van der Waals surface area contributed by atoms with Crippen LogP contribution in [0, 0.1) is 11.7 Å². The van der Waals surface area contributed by atoms with Crippen LogP contribution in [0.3, 0.4) is 0 Å². The van der Waals surface area contributed by atoms with Crippen LogP contribution in [0.15, 0.2) is 40.9 Å². The van der Waals surface area contributed by atoms with Crippen LogP contribution >= 0.6 is 15.9 Å². The van der Waals surface area contributed by atoms with Crippen molar-refractivity contribution in [3.63, 3.8) is 0 Å². The van der Waals surface area contributed by atoms with Crippen molar-refractivity contribution in [1.29, 1.82) is 0 Å². The maximum absolute atomic E-state index is 13.3. The van der Waals surface area contributed by atoms with Gasteiger partial charge in [-0.3, -0.25) is 9.59 Å². The molecule has 0 saturated carbocycles. The minimum absolute atomic E-state index is 0.124. The molecule has 162 valence electrons. The molecule has 0 spiro atoms. The molecular formula is C22H26BrFN2O4. The van der Waals surface area contributed by atoms with Crippen LogP contribution in [-0.2, 0) is 11.2 Å². The summed E-state index contributed by atoms with van der Waals surface area (Å²) in [6.07, 6.45) is 0.538. The van der Waals surface area contributed by atoms with E-state index >= 15 is 0 Å². The second kappa shape index (κ2) is 11.0. The number of methoxy groups -OCH3 is 2. The van der Waals surface area contributed by atoms with E-state index in [-0.39, 0.29) is 17.6 Å². The van der Waals surface area contributed by atoms with Crippen LogP contribution in [0.1, 0.15) is 29.8 Å². The van der Waals surface area contributed by atoms with Crippen LogP contribution in [0.4, 0.5) is 4.39 Å². The van der Waals surface area contributed by atoms with Gasteiger partial charge in [-0.2, -0.15) is 0 Å². The number of carbonyl (C=O) groups is 2. The zero-order valence-corrected chi connectivity index (χ0v) is 19.0. The van der Waals surface area contributed by atoms with Crippen LogP contribution < -0.4 is 20.1 Å². The molecule has 1 unspecified atom stereocenters. The van der Waals surface area contributed by atoms with Gasteiger partial charge in [0.2, 0.25) is 5.91 Å². The van der Waals surface area contributed by atoms with Crippen molar-refractivity contribution < 1.29 is 23.5 Å². The van der Waals surface area contributed by atoms with Gasteiger partial charge in [-0.05, 0) is 58.1 Å². The monoisotopic (exact) mass is 480 g/mol. The lowest BCUT2D eigenvalue weighted by Crippen LogP contribution is -2.50. The number of rotatable bonds is 9.